The predicted molar refractivity (Wildman–Crippen MR) is 140 cm³/mol. The predicted octanol–water partition coefficient (Wildman–Crippen LogP) is 4.46. The van der Waals surface area contributed by atoms with Crippen LogP contribution in [-0.4, -0.2) is 63.8 Å². The monoisotopic (exact) mass is 560 g/mol. The van der Waals surface area contributed by atoms with Gasteiger partial charge in [0.1, 0.15) is 33.6 Å². The van der Waals surface area contributed by atoms with Gasteiger partial charge in [-0.05, 0) is 6.07 Å². The minimum absolute atomic E-state index is 0.0138. The molecule has 0 saturated carbocycles. The van der Waals surface area contributed by atoms with Crippen LogP contribution < -0.4 is 23.7 Å². The normalized spacial score (nSPS) is 20.8. The van der Waals surface area contributed by atoms with Crippen molar-refractivity contribution in [2.24, 2.45) is 5.92 Å². The van der Waals surface area contributed by atoms with Gasteiger partial charge in [0, 0.05) is 41.5 Å². The van der Waals surface area contributed by atoms with Crippen LogP contribution in [0.4, 0.5) is 0 Å². The number of fused-ring (bicyclic) bond motifs is 1. The van der Waals surface area contributed by atoms with Gasteiger partial charge in [0.15, 0.2) is 17.3 Å². The number of rotatable bonds is 8. The SMILES string of the molecule is COC(=O)C[C@H](C1=C(O)[C@@]2(Oc3c(Cl)c(OC)cc(OC)c3C2=O)[C@H](C)CC1=O)c1ccc(OC)cc1OC. The van der Waals surface area contributed by atoms with E-state index < -0.39 is 40.7 Å². The zero-order valence-corrected chi connectivity index (χ0v) is 23.1. The largest absolute Gasteiger partial charge is 0.507 e. The highest BCUT2D eigenvalue weighted by molar-refractivity contribution is 6.35. The lowest BCUT2D eigenvalue weighted by Crippen LogP contribution is -2.53. The standard InChI is InChI=1S/C28H29ClO10/c1-13-9-17(30)22(16(11-21(31)38-6)15-8-7-14(34-2)10-18(15)35-3)26(32)28(13)27(33)23-19(36-4)12-20(37-5)24(29)25(23)39-28/h7-8,10,12-13,16,32H,9,11H2,1-6H3/t13-,16+,28+/m1/s1. The molecule has 4 rings (SSSR count). The van der Waals surface area contributed by atoms with E-state index in [0.29, 0.717) is 17.1 Å². The highest BCUT2D eigenvalue weighted by Crippen LogP contribution is 2.56. The molecule has 0 fully saturated rings. The average Bonchev–Trinajstić information content (AvgIpc) is 3.25. The Morgan fingerprint density at radius 3 is 2.31 bits per heavy atom. The van der Waals surface area contributed by atoms with Crippen LogP contribution in [0.3, 0.4) is 0 Å². The van der Waals surface area contributed by atoms with E-state index in [0.717, 1.165) is 0 Å². The maximum absolute atomic E-state index is 14.1. The number of esters is 1. The summed E-state index contributed by atoms with van der Waals surface area (Å²) < 4.78 is 32.6. The second-order valence-electron chi connectivity index (χ2n) is 9.20. The first kappa shape index (κ1) is 28.1. The molecule has 0 bridgehead atoms. The van der Waals surface area contributed by atoms with E-state index in [1.807, 2.05) is 0 Å². The summed E-state index contributed by atoms with van der Waals surface area (Å²) in [5, 5.41) is 11.9. The summed E-state index contributed by atoms with van der Waals surface area (Å²) in [5.74, 6) is -3.09. The summed E-state index contributed by atoms with van der Waals surface area (Å²) in [6.45, 7) is 1.62. The van der Waals surface area contributed by atoms with Crippen LogP contribution in [-0.2, 0) is 14.3 Å². The highest BCUT2D eigenvalue weighted by Gasteiger charge is 2.61. The van der Waals surface area contributed by atoms with Crippen molar-refractivity contribution >= 4 is 29.1 Å². The van der Waals surface area contributed by atoms with Gasteiger partial charge in [0.2, 0.25) is 11.4 Å². The lowest BCUT2D eigenvalue weighted by Gasteiger charge is -2.38. The van der Waals surface area contributed by atoms with Crippen LogP contribution in [0.1, 0.15) is 41.6 Å². The van der Waals surface area contributed by atoms with E-state index in [2.05, 4.69) is 0 Å². The van der Waals surface area contributed by atoms with Gasteiger partial charge in [-0.25, -0.2) is 0 Å². The van der Waals surface area contributed by atoms with Crippen LogP contribution in [0, 0.1) is 5.92 Å². The molecule has 3 atom stereocenters. The Kier molecular flexibility index (Phi) is 7.70. The number of ether oxygens (including phenoxy) is 6. The Morgan fingerprint density at radius 1 is 1.05 bits per heavy atom. The number of carbonyl (C=O) groups is 3. The van der Waals surface area contributed by atoms with Crippen molar-refractivity contribution in [3.8, 4) is 28.7 Å². The lowest BCUT2D eigenvalue weighted by atomic mass is 9.69. The van der Waals surface area contributed by atoms with Crippen LogP contribution in [0.5, 0.6) is 28.7 Å². The van der Waals surface area contributed by atoms with Crippen molar-refractivity contribution in [2.75, 3.05) is 35.5 Å². The Hall–Kier alpha value is -3.92. The number of methoxy groups -OCH3 is 5. The molecule has 0 radical (unpaired) electrons. The van der Waals surface area contributed by atoms with Crippen molar-refractivity contribution in [3.05, 3.63) is 51.7 Å². The molecule has 1 aliphatic carbocycles. The van der Waals surface area contributed by atoms with Crippen molar-refractivity contribution in [1.82, 2.24) is 0 Å². The average molecular weight is 561 g/mol. The van der Waals surface area contributed by atoms with Gasteiger partial charge in [0.05, 0.1) is 42.0 Å². The Balaban J connectivity index is 1.98. The van der Waals surface area contributed by atoms with Crippen molar-refractivity contribution in [3.63, 3.8) is 0 Å². The molecule has 2 aromatic carbocycles. The van der Waals surface area contributed by atoms with Crippen molar-refractivity contribution in [2.45, 2.75) is 31.3 Å². The first-order chi connectivity index (χ1) is 18.6. The molecule has 208 valence electrons. The second kappa shape index (κ2) is 10.7. The summed E-state index contributed by atoms with van der Waals surface area (Å²) in [5.41, 5.74) is -1.74. The van der Waals surface area contributed by atoms with Crippen LogP contribution in [0.15, 0.2) is 35.6 Å². The Bertz CT molecular complexity index is 1380. The van der Waals surface area contributed by atoms with Gasteiger partial charge < -0.3 is 33.5 Å². The highest BCUT2D eigenvalue weighted by atomic mass is 35.5. The quantitative estimate of drug-likeness (QED) is 0.462. The van der Waals surface area contributed by atoms with Crippen LogP contribution in [0.2, 0.25) is 5.02 Å². The van der Waals surface area contributed by atoms with Gasteiger partial charge in [-0.3, -0.25) is 14.4 Å². The van der Waals surface area contributed by atoms with E-state index in [4.69, 9.17) is 40.0 Å². The summed E-state index contributed by atoms with van der Waals surface area (Å²) in [7, 11) is 6.90. The smallest absolute Gasteiger partial charge is 0.306 e. The van der Waals surface area contributed by atoms with E-state index in [1.165, 1.54) is 41.6 Å². The molecule has 1 aliphatic heterocycles. The van der Waals surface area contributed by atoms with E-state index in [9.17, 15) is 19.5 Å². The summed E-state index contributed by atoms with van der Waals surface area (Å²) in [6, 6.07) is 6.30. The molecular formula is C28H29ClO10. The number of hydrogen-bond acceptors (Lipinski definition) is 10. The molecule has 0 aromatic heterocycles. The zero-order valence-electron chi connectivity index (χ0n) is 22.4. The maximum atomic E-state index is 14.1. The molecule has 39 heavy (non-hydrogen) atoms. The molecule has 2 aromatic rings. The molecule has 1 heterocycles. The third kappa shape index (κ3) is 4.32. The molecule has 0 amide bonds. The first-order valence-corrected chi connectivity index (χ1v) is 12.4. The fraction of sp³-hybridized carbons (Fsp3) is 0.393. The molecule has 11 heteroatoms. The van der Waals surface area contributed by atoms with Crippen LogP contribution in [0.25, 0.3) is 0 Å². The summed E-state index contributed by atoms with van der Waals surface area (Å²) >= 11 is 6.51. The second-order valence-corrected chi connectivity index (χ2v) is 9.58. The van der Waals surface area contributed by atoms with Crippen molar-refractivity contribution in [1.29, 1.82) is 0 Å². The zero-order chi connectivity index (χ0) is 28.6. The number of allylic oxidation sites excluding steroid dienone is 1. The molecule has 0 saturated heterocycles. The summed E-state index contributed by atoms with van der Waals surface area (Å²) in [6.07, 6.45) is -0.486. The van der Waals surface area contributed by atoms with E-state index in [-0.39, 0.29) is 46.2 Å². The number of benzene rings is 2. The number of carbonyl (C=O) groups excluding carboxylic acids is 3. The Morgan fingerprint density at radius 2 is 1.72 bits per heavy atom. The first-order valence-electron chi connectivity index (χ1n) is 12.0. The molecular weight excluding hydrogens is 532 g/mol. The van der Waals surface area contributed by atoms with Crippen molar-refractivity contribution < 1.29 is 47.9 Å². The summed E-state index contributed by atoms with van der Waals surface area (Å²) in [4.78, 5) is 40.2. The van der Waals surface area contributed by atoms with Gasteiger partial charge in [-0.2, -0.15) is 0 Å². The number of aliphatic hydroxyl groups excluding tert-OH is 1. The number of hydrogen-bond donors (Lipinski definition) is 1. The van der Waals surface area contributed by atoms with Gasteiger partial charge in [-0.15, -0.1) is 0 Å². The minimum atomic E-state index is -2.00. The van der Waals surface area contributed by atoms with Gasteiger partial charge in [0.25, 0.3) is 0 Å². The molecule has 2 aliphatic rings. The lowest BCUT2D eigenvalue weighted by molar-refractivity contribution is -0.140. The maximum Gasteiger partial charge on any atom is 0.306 e. The molecule has 0 unspecified atom stereocenters. The fourth-order valence-electron chi connectivity index (χ4n) is 5.26. The van der Waals surface area contributed by atoms with Gasteiger partial charge >= 0.3 is 5.97 Å². The number of aliphatic hydroxyl groups is 1. The third-order valence-electron chi connectivity index (χ3n) is 7.27. The Labute approximate surface area is 230 Å². The van der Waals surface area contributed by atoms with Crippen LogP contribution >= 0.6 is 11.6 Å². The molecule has 1 N–H and O–H groups in total. The number of ketones is 2. The number of Topliss-reactive ketones (excluding diaryl/α,β-unsaturated/α-hetero) is 2. The van der Waals surface area contributed by atoms with Gasteiger partial charge in [-0.1, -0.05) is 24.6 Å². The topological polar surface area (TPSA) is 127 Å². The fourth-order valence-corrected chi connectivity index (χ4v) is 5.53. The minimum Gasteiger partial charge on any atom is -0.507 e. The number of halogens is 1. The van der Waals surface area contributed by atoms with E-state index >= 15 is 0 Å². The molecule has 10 nitrogen and oxygen atoms in total. The third-order valence-corrected chi connectivity index (χ3v) is 7.63. The van der Waals surface area contributed by atoms with E-state index in [1.54, 1.807) is 25.1 Å². The molecule has 1 spiro atoms.